The van der Waals surface area contributed by atoms with Gasteiger partial charge in [0.1, 0.15) is 0 Å². The molecule has 0 unspecified atom stereocenters. The molecule has 4 nitrogen and oxygen atoms in total. The normalized spacial score (nSPS) is 11.0. The van der Waals surface area contributed by atoms with Gasteiger partial charge in [0.05, 0.1) is 11.4 Å². The van der Waals surface area contributed by atoms with Crippen LogP contribution in [0.1, 0.15) is 49.4 Å². The number of halogens is 1. The second-order valence-electron chi connectivity index (χ2n) is 6.03. The fourth-order valence-electron chi connectivity index (χ4n) is 2.33. The van der Waals surface area contributed by atoms with Gasteiger partial charge in [-0.25, -0.2) is 4.68 Å². The molecule has 0 aliphatic rings. The lowest BCUT2D eigenvalue weighted by molar-refractivity contribution is -0.134. The van der Waals surface area contributed by atoms with E-state index in [0.717, 1.165) is 16.9 Å². The minimum atomic E-state index is -0.285. The number of alkyl halides is 1. The molecule has 1 heterocycles. The average Bonchev–Trinajstić information content (AvgIpc) is 2.89. The Morgan fingerprint density at radius 2 is 2.04 bits per heavy atom. The Hall–Kier alpha value is -1.81. The van der Waals surface area contributed by atoms with E-state index >= 15 is 0 Å². The maximum atomic E-state index is 12.0. The standard InChI is InChI=1S/C18H23ClN2O2/c1-12(2)15-11-17(23-18(22)6-5-9-19)21(20-15)16-8-7-13(3)10-14(16)4/h7-8,10-12H,5-6,9H2,1-4H3. The van der Waals surface area contributed by atoms with Crippen LogP contribution in [-0.4, -0.2) is 21.6 Å². The summed E-state index contributed by atoms with van der Waals surface area (Å²) in [4.78, 5) is 12.0. The maximum absolute atomic E-state index is 12.0. The minimum Gasteiger partial charge on any atom is -0.407 e. The van der Waals surface area contributed by atoms with Crippen molar-refractivity contribution >= 4 is 17.6 Å². The molecule has 0 amide bonds. The van der Waals surface area contributed by atoms with Crippen LogP contribution in [0.2, 0.25) is 0 Å². The Kier molecular flexibility index (Phi) is 5.83. The van der Waals surface area contributed by atoms with E-state index in [4.69, 9.17) is 16.3 Å². The lowest BCUT2D eigenvalue weighted by Gasteiger charge is -2.11. The molecule has 23 heavy (non-hydrogen) atoms. The summed E-state index contributed by atoms with van der Waals surface area (Å²) < 4.78 is 7.23. The zero-order valence-corrected chi connectivity index (χ0v) is 14.9. The van der Waals surface area contributed by atoms with Crippen LogP contribution in [0, 0.1) is 13.8 Å². The Morgan fingerprint density at radius 3 is 2.65 bits per heavy atom. The number of carbonyl (C=O) groups is 1. The number of aryl methyl sites for hydroxylation is 2. The van der Waals surface area contributed by atoms with Gasteiger partial charge in [-0.15, -0.1) is 11.6 Å². The average molecular weight is 335 g/mol. The first-order valence-corrected chi connectivity index (χ1v) is 8.40. The molecule has 5 heteroatoms. The molecule has 1 aromatic heterocycles. The molecule has 0 atom stereocenters. The zero-order chi connectivity index (χ0) is 17.0. The number of ether oxygens (including phenoxy) is 1. The number of aromatic nitrogens is 2. The fraction of sp³-hybridized carbons (Fsp3) is 0.444. The van der Waals surface area contributed by atoms with Crippen molar-refractivity contribution in [3.8, 4) is 11.6 Å². The molecule has 2 rings (SSSR count). The van der Waals surface area contributed by atoms with Gasteiger partial charge in [-0.3, -0.25) is 4.79 Å². The monoisotopic (exact) mass is 334 g/mol. The highest BCUT2D eigenvalue weighted by molar-refractivity contribution is 6.17. The molecule has 0 saturated heterocycles. The molecule has 0 N–H and O–H groups in total. The minimum absolute atomic E-state index is 0.252. The first kappa shape index (κ1) is 17.5. The Labute approximate surface area is 142 Å². The fourth-order valence-corrected chi connectivity index (χ4v) is 2.46. The van der Waals surface area contributed by atoms with E-state index in [1.165, 1.54) is 5.56 Å². The number of hydrogen-bond donors (Lipinski definition) is 0. The molecular formula is C18H23ClN2O2. The lowest BCUT2D eigenvalue weighted by atomic mass is 10.1. The third-order valence-electron chi connectivity index (χ3n) is 3.60. The predicted molar refractivity (Wildman–Crippen MR) is 92.7 cm³/mol. The summed E-state index contributed by atoms with van der Waals surface area (Å²) in [7, 11) is 0. The predicted octanol–water partition coefficient (Wildman–Crippen LogP) is 4.54. The highest BCUT2D eigenvalue weighted by Gasteiger charge is 2.17. The summed E-state index contributed by atoms with van der Waals surface area (Å²) in [6.07, 6.45) is 0.910. The van der Waals surface area contributed by atoms with Crippen LogP contribution < -0.4 is 4.74 Å². The molecule has 0 fully saturated rings. The third kappa shape index (κ3) is 4.35. The van der Waals surface area contributed by atoms with E-state index in [1.807, 2.05) is 32.0 Å². The van der Waals surface area contributed by atoms with Crippen LogP contribution in [0.25, 0.3) is 5.69 Å². The van der Waals surface area contributed by atoms with Gasteiger partial charge in [-0.2, -0.15) is 5.10 Å². The summed E-state index contributed by atoms with van der Waals surface area (Å²) in [6.45, 7) is 8.20. The van der Waals surface area contributed by atoms with Crippen molar-refractivity contribution in [3.63, 3.8) is 0 Å². The number of nitrogens with zero attached hydrogens (tertiary/aromatic N) is 2. The number of esters is 1. The molecule has 0 aliphatic carbocycles. The third-order valence-corrected chi connectivity index (χ3v) is 3.87. The molecule has 1 aromatic carbocycles. The lowest BCUT2D eigenvalue weighted by Crippen LogP contribution is -2.12. The summed E-state index contributed by atoms with van der Waals surface area (Å²) in [6, 6.07) is 7.95. The number of rotatable bonds is 6. The van der Waals surface area contributed by atoms with Crippen LogP contribution >= 0.6 is 11.6 Å². The highest BCUT2D eigenvalue weighted by Crippen LogP contribution is 2.26. The largest absolute Gasteiger partial charge is 0.407 e. The molecule has 0 saturated carbocycles. The molecule has 0 aliphatic heterocycles. The smallest absolute Gasteiger partial charge is 0.312 e. The molecule has 2 aromatic rings. The van der Waals surface area contributed by atoms with Crippen molar-refractivity contribution in [1.29, 1.82) is 0 Å². The van der Waals surface area contributed by atoms with Crippen molar-refractivity contribution in [2.75, 3.05) is 5.88 Å². The van der Waals surface area contributed by atoms with E-state index < -0.39 is 0 Å². The summed E-state index contributed by atoms with van der Waals surface area (Å²) in [5.41, 5.74) is 4.08. The van der Waals surface area contributed by atoms with E-state index in [2.05, 4.69) is 25.0 Å². The number of benzene rings is 1. The van der Waals surface area contributed by atoms with E-state index in [1.54, 1.807) is 4.68 Å². The Bertz CT molecular complexity index is 692. The number of carbonyl (C=O) groups excluding carboxylic acids is 1. The SMILES string of the molecule is Cc1ccc(-n2nc(C(C)C)cc2OC(=O)CCCCl)c(C)c1. The van der Waals surface area contributed by atoms with Crippen LogP contribution in [0.3, 0.4) is 0 Å². The number of hydrogen-bond acceptors (Lipinski definition) is 3. The van der Waals surface area contributed by atoms with Crippen LogP contribution in [0.15, 0.2) is 24.3 Å². The van der Waals surface area contributed by atoms with Gasteiger partial charge in [0.2, 0.25) is 5.88 Å². The topological polar surface area (TPSA) is 44.1 Å². The van der Waals surface area contributed by atoms with Crippen molar-refractivity contribution < 1.29 is 9.53 Å². The van der Waals surface area contributed by atoms with E-state index in [9.17, 15) is 4.79 Å². The van der Waals surface area contributed by atoms with Gasteiger partial charge >= 0.3 is 5.97 Å². The van der Waals surface area contributed by atoms with E-state index in [-0.39, 0.29) is 11.9 Å². The maximum Gasteiger partial charge on any atom is 0.312 e. The highest BCUT2D eigenvalue weighted by atomic mass is 35.5. The second-order valence-corrected chi connectivity index (χ2v) is 6.41. The van der Waals surface area contributed by atoms with Gasteiger partial charge in [0, 0.05) is 18.4 Å². The first-order chi connectivity index (χ1) is 10.9. The van der Waals surface area contributed by atoms with Crippen molar-refractivity contribution in [3.05, 3.63) is 41.1 Å². The van der Waals surface area contributed by atoms with Gasteiger partial charge in [0.15, 0.2) is 0 Å². The first-order valence-electron chi connectivity index (χ1n) is 7.86. The second kappa shape index (κ2) is 7.64. The van der Waals surface area contributed by atoms with Crippen LogP contribution in [0.5, 0.6) is 5.88 Å². The van der Waals surface area contributed by atoms with Crippen molar-refractivity contribution in [2.24, 2.45) is 0 Å². The van der Waals surface area contributed by atoms with Gasteiger partial charge in [-0.05, 0) is 37.8 Å². The summed E-state index contributed by atoms with van der Waals surface area (Å²) in [5, 5.41) is 4.62. The van der Waals surface area contributed by atoms with Crippen LogP contribution in [0.4, 0.5) is 0 Å². The Morgan fingerprint density at radius 1 is 1.30 bits per heavy atom. The summed E-state index contributed by atoms with van der Waals surface area (Å²) >= 11 is 5.63. The molecule has 0 bridgehead atoms. The van der Waals surface area contributed by atoms with E-state index in [0.29, 0.717) is 24.6 Å². The molecular weight excluding hydrogens is 312 g/mol. The zero-order valence-electron chi connectivity index (χ0n) is 14.1. The Balaban J connectivity index is 2.39. The van der Waals surface area contributed by atoms with Crippen molar-refractivity contribution in [1.82, 2.24) is 9.78 Å². The molecule has 0 radical (unpaired) electrons. The van der Waals surface area contributed by atoms with Gasteiger partial charge in [0.25, 0.3) is 0 Å². The molecule has 0 spiro atoms. The van der Waals surface area contributed by atoms with Gasteiger partial charge < -0.3 is 4.74 Å². The molecule has 124 valence electrons. The summed E-state index contributed by atoms with van der Waals surface area (Å²) in [5.74, 6) is 0.872. The van der Waals surface area contributed by atoms with Crippen molar-refractivity contribution in [2.45, 2.75) is 46.5 Å². The quantitative estimate of drug-likeness (QED) is 0.575. The van der Waals surface area contributed by atoms with Gasteiger partial charge in [-0.1, -0.05) is 31.5 Å². The van der Waals surface area contributed by atoms with Crippen LogP contribution in [-0.2, 0) is 4.79 Å².